The van der Waals surface area contributed by atoms with E-state index in [4.69, 9.17) is 0 Å². The maximum absolute atomic E-state index is 12.1. The molecule has 0 saturated carbocycles. The van der Waals surface area contributed by atoms with Crippen molar-refractivity contribution in [2.24, 2.45) is 0 Å². The fourth-order valence-electron chi connectivity index (χ4n) is 1.57. The zero-order valence-corrected chi connectivity index (χ0v) is 10.6. The van der Waals surface area contributed by atoms with Gasteiger partial charge in [0.1, 0.15) is 0 Å². The summed E-state index contributed by atoms with van der Waals surface area (Å²) in [5.41, 5.74) is 3.31. The van der Waals surface area contributed by atoms with Crippen LogP contribution in [0.2, 0.25) is 0 Å². The van der Waals surface area contributed by atoms with E-state index >= 15 is 0 Å². The van der Waals surface area contributed by atoms with Crippen molar-refractivity contribution in [3.63, 3.8) is 0 Å². The summed E-state index contributed by atoms with van der Waals surface area (Å²) in [4.78, 5) is 1.25. The van der Waals surface area contributed by atoms with Gasteiger partial charge in [-0.3, -0.25) is 4.39 Å². The molecule has 90 valence electrons. The normalized spacial score (nSPS) is 10.5. The summed E-state index contributed by atoms with van der Waals surface area (Å²) in [6.07, 6.45) is 2.38. The van der Waals surface area contributed by atoms with Crippen molar-refractivity contribution in [3.05, 3.63) is 46.5 Å². The van der Waals surface area contributed by atoms with Crippen LogP contribution in [0.5, 0.6) is 0 Å². The zero-order valence-electron chi connectivity index (χ0n) is 9.74. The van der Waals surface area contributed by atoms with Gasteiger partial charge in [0.2, 0.25) is 0 Å². The van der Waals surface area contributed by atoms with E-state index in [0.717, 1.165) is 17.8 Å². The number of anilines is 1. The van der Waals surface area contributed by atoms with Crippen LogP contribution in [0.1, 0.15) is 16.0 Å². The van der Waals surface area contributed by atoms with Gasteiger partial charge in [-0.05, 0) is 41.7 Å². The van der Waals surface area contributed by atoms with E-state index in [1.54, 1.807) is 0 Å². The summed E-state index contributed by atoms with van der Waals surface area (Å²) in [7, 11) is 0. The summed E-state index contributed by atoms with van der Waals surface area (Å²) in [6, 6.07) is 7.89. The Morgan fingerprint density at radius 3 is 2.65 bits per heavy atom. The van der Waals surface area contributed by atoms with Gasteiger partial charge >= 0.3 is 0 Å². The molecule has 0 aliphatic rings. The molecule has 0 fully saturated rings. The van der Waals surface area contributed by atoms with Crippen molar-refractivity contribution in [2.75, 3.05) is 12.0 Å². The molecule has 0 aliphatic carbocycles. The summed E-state index contributed by atoms with van der Waals surface area (Å²) >= 11 is 1.52. The molecule has 0 radical (unpaired) electrons. The number of aryl methyl sites for hydroxylation is 2. The number of aromatic nitrogens is 1. The molecule has 2 aromatic rings. The largest absolute Gasteiger partial charge is 0.380 e. The highest BCUT2D eigenvalue weighted by Gasteiger charge is 2.00. The predicted molar refractivity (Wildman–Crippen MR) is 70.3 cm³/mol. The third-order valence-corrected chi connectivity index (χ3v) is 3.54. The number of alkyl halides is 1. The van der Waals surface area contributed by atoms with E-state index in [9.17, 15) is 4.39 Å². The first-order valence-electron chi connectivity index (χ1n) is 5.58. The minimum atomic E-state index is -0.299. The number of hydrogen-bond donors (Lipinski definition) is 1. The molecule has 0 bridgehead atoms. The van der Waals surface area contributed by atoms with Gasteiger partial charge in [-0.15, -0.1) is 0 Å². The molecule has 0 unspecified atom stereocenters. The first kappa shape index (κ1) is 12.0. The van der Waals surface area contributed by atoms with Crippen molar-refractivity contribution in [1.82, 2.24) is 4.37 Å². The van der Waals surface area contributed by atoms with Gasteiger partial charge in [0.15, 0.2) is 0 Å². The van der Waals surface area contributed by atoms with Crippen LogP contribution in [0.25, 0.3) is 0 Å². The number of rotatable bonds is 5. The highest BCUT2D eigenvalue weighted by molar-refractivity contribution is 7.05. The summed E-state index contributed by atoms with van der Waals surface area (Å²) in [5, 5.41) is 3.33. The number of halogens is 1. The molecule has 0 amide bonds. The second-order valence-electron chi connectivity index (χ2n) is 3.92. The topological polar surface area (TPSA) is 24.9 Å². The maximum Gasteiger partial charge on any atom is 0.0934 e. The van der Waals surface area contributed by atoms with Crippen molar-refractivity contribution >= 4 is 17.2 Å². The van der Waals surface area contributed by atoms with Crippen molar-refractivity contribution in [3.8, 4) is 0 Å². The minimum absolute atomic E-state index is 0.299. The molecule has 2 nitrogen and oxygen atoms in total. The Kier molecular flexibility index (Phi) is 4.09. The van der Waals surface area contributed by atoms with Gasteiger partial charge in [0.25, 0.3) is 0 Å². The molecular formula is C13H15FN2S. The zero-order chi connectivity index (χ0) is 12.1. The molecule has 0 saturated heterocycles. The Morgan fingerprint density at radius 2 is 2.06 bits per heavy atom. The first-order chi connectivity index (χ1) is 8.29. The fourth-order valence-corrected chi connectivity index (χ4v) is 2.24. The number of hydrogen-bond acceptors (Lipinski definition) is 3. The summed E-state index contributed by atoms with van der Waals surface area (Å²) in [6.45, 7) is 2.55. The number of benzene rings is 1. The van der Waals surface area contributed by atoms with E-state index in [-0.39, 0.29) is 6.67 Å². The van der Waals surface area contributed by atoms with Gasteiger partial charge in [0.05, 0.1) is 13.2 Å². The average molecular weight is 250 g/mol. The van der Waals surface area contributed by atoms with Gasteiger partial charge in [-0.1, -0.05) is 12.1 Å². The lowest BCUT2D eigenvalue weighted by atomic mass is 10.1. The van der Waals surface area contributed by atoms with Crippen LogP contribution < -0.4 is 5.32 Å². The molecule has 17 heavy (non-hydrogen) atoms. The van der Waals surface area contributed by atoms with Crippen molar-refractivity contribution in [2.45, 2.75) is 19.9 Å². The fraction of sp³-hybridized carbons (Fsp3) is 0.308. The molecule has 1 aromatic heterocycles. The maximum atomic E-state index is 12.1. The lowest BCUT2D eigenvalue weighted by molar-refractivity contribution is 0.495. The molecular weight excluding hydrogens is 235 g/mol. The van der Waals surface area contributed by atoms with Crippen LogP contribution in [0.4, 0.5) is 10.1 Å². The van der Waals surface area contributed by atoms with Crippen LogP contribution >= 0.6 is 11.5 Å². The Labute approximate surface area is 105 Å². The molecule has 1 heterocycles. The third kappa shape index (κ3) is 3.27. The van der Waals surface area contributed by atoms with E-state index in [2.05, 4.69) is 16.6 Å². The van der Waals surface area contributed by atoms with Crippen LogP contribution in [0.3, 0.4) is 0 Å². The third-order valence-electron chi connectivity index (χ3n) is 2.64. The van der Waals surface area contributed by atoms with Crippen LogP contribution in [0.15, 0.2) is 30.5 Å². The Balaban J connectivity index is 1.93. The molecule has 0 aliphatic heterocycles. The van der Waals surface area contributed by atoms with Crippen molar-refractivity contribution < 1.29 is 4.39 Å². The number of nitrogens with zero attached hydrogens (tertiary/aromatic N) is 1. The smallest absolute Gasteiger partial charge is 0.0934 e. The monoisotopic (exact) mass is 250 g/mol. The highest BCUT2D eigenvalue weighted by Crippen LogP contribution is 2.16. The number of nitrogens with one attached hydrogen (secondary N) is 1. The van der Waals surface area contributed by atoms with Crippen LogP contribution in [0, 0.1) is 6.92 Å². The van der Waals surface area contributed by atoms with Gasteiger partial charge in [0, 0.05) is 23.2 Å². The van der Waals surface area contributed by atoms with Crippen LogP contribution in [-0.4, -0.2) is 11.0 Å². The standard InChI is InChI=1S/C13H15FN2S/c1-10-8-16-17-13(10)9-15-12-4-2-11(3-5-12)6-7-14/h2-5,8,15H,6-7,9H2,1H3. The van der Waals surface area contributed by atoms with Gasteiger partial charge in [-0.2, -0.15) is 0 Å². The Hall–Kier alpha value is -1.42. The van der Waals surface area contributed by atoms with Crippen molar-refractivity contribution in [1.29, 1.82) is 0 Å². The lowest BCUT2D eigenvalue weighted by Gasteiger charge is -2.06. The van der Waals surface area contributed by atoms with E-state index in [1.807, 2.05) is 30.5 Å². The first-order valence-corrected chi connectivity index (χ1v) is 6.36. The van der Waals surface area contributed by atoms with Gasteiger partial charge in [-0.25, -0.2) is 4.37 Å². The Bertz CT molecular complexity index is 465. The van der Waals surface area contributed by atoms with Crippen LogP contribution in [-0.2, 0) is 13.0 Å². The second kappa shape index (κ2) is 5.77. The molecule has 1 aromatic carbocycles. The second-order valence-corrected chi connectivity index (χ2v) is 4.81. The SMILES string of the molecule is Cc1cnsc1CNc1ccc(CCF)cc1. The van der Waals surface area contributed by atoms with E-state index < -0.39 is 0 Å². The quantitative estimate of drug-likeness (QED) is 0.877. The van der Waals surface area contributed by atoms with Gasteiger partial charge < -0.3 is 5.32 Å². The molecule has 0 spiro atoms. The Morgan fingerprint density at radius 1 is 1.29 bits per heavy atom. The summed E-state index contributed by atoms with van der Waals surface area (Å²) < 4.78 is 16.3. The molecule has 4 heteroatoms. The van der Waals surface area contributed by atoms with E-state index in [0.29, 0.717) is 6.42 Å². The predicted octanol–water partition coefficient (Wildman–Crippen LogP) is 3.58. The average Bonchev–Trinajstić information content (AvgIpc) is 2.75. The minimum Gasteiger partial charge on any atom is -0.380 e. The summed E-state index contributed by atoms with van der Waals surface area (Å²) in [5.74, 6) is 0. The molecule has 2 rings (SSSR count). The lowest BCUT2D eigenvalue weighted by Crippen LogP contribution is -1.98. The molecule has 0 atom stereocenters. The van der Waals surface area contributed by atoms with E-state index in [1.165, 1.54) is 22.0 Å². The highest BCUT2D eigenvalue weighted by atomic mass is 32.1. The molecule has 1 N–H and O–H groups in total.